The number of carboxylic acids is 1. The third kappa shape index (κ3) is 2.98. The van der Waals surface area contributed by atoms with E-state index >= 15 is 0 Å². The second-order valence-corrected chi connectivity index (χ2v) is 4.84. The number of aromatic nitrogens is 1. The van der Waals surface area contributed by atoms with Crippen LogP contribution in [-0.2, 0) is 11.2 Å². The molecule has 2 aromatic rings. The molecule has 94 valence electrons. The third-order valence-corrected chi connectivity index (χ3v) is 3.09. The van der Waals surface area contributed by atoms with Gasteiger partial charge < -0.3 is 9.52 Å². The molecule has 1 N–H and O–H groups in total. The summed E-state index contributed by atoms with van der Waals surface area (Å²) in [7, 11) is 0. The monoisotopic (exact) mass is 309 g/mol. The van der Waals surface area contributed by atoms with Crippen molar-refractivity contribution in [3.63, 3.8) is 0 Å². The number of hydrogen-bond donors (Lipinski definition) is 1. The first-order valence-electron chi connectivity index (χ1n) is 5.50. The first-order valence-corrected chi connectivity index (χ1v) is 6.29. The van der Waals surface area contributed by atoms with Gasteiger partial charge in [0.05, 0.1) is 12.1 Å². The highest BCUT2D eigenvalue weighted by Gasteiger charge is 2.12. The smallest absolute Gasteiger partial charge is 0.303 e. The van der Waals surface area contributed by atoms with Crippen molar-refractivity contribution in [3.8, 4) is 11.5 Å². The van der Waals surface area contributed by atoms with Gasteiger partial charge in [-0.3, -0.25) is 4.79 Å². The molecule has 0 atom stereocenters. The van der Waals surface area contributed by atoms with Crippen molar-refractivity contribution in [3.05, 3.63) is 40.2 Å². The zero-order valence-electron chi connectivity index (χ0n) is 9.81. The van der Waals surface area contributed by atoms with E-state index in [9.17, 15) is 4.79 Å². The summed E-state index contributed by atoms with van der Waals surface area (Å²) in [6, 6.07) is 7.62. The van der Waals surface area contributed by atoms with Crippen LogP contribution in [0.4, 0.5) is 0 Å². The molecular weight excluding hydrogens is 298 g/mol. The van der Waals surface area contributed by atoms with Crippen molar-refractivity contribution in [2.75, 3.05) is 0 Å². The lowest BCUT2D eigenvalue weighted by atomic mass is 10.2. The Hall–Kier alpha value is -1.62. The molecule has 2 rings (SSSR count). The molecule has 0 spiro atoms. The number of rotatable bonds is 4. The molecule has 1 aromatic heterocycles. The van der Waals surface area contributed by atoms with Gasteiger partial charge in [-0.05, 0) is 31.2 Å². The lowest BCUT2D eigenvalue weighted by Crippen LogP contribution is -1.98. The second kappa shape index (κ2) is 5.35. The van der Waals surface area contributed by atoms with Crippen LogP contribution in [0.15, 0.2) is 33.2 Å². The summed E-state index contributed by atoms with van der Waals surface area (Å²) in [5.41, 5.74) is 1.58. The Kier molecular flexibility index (Phi) is 3.81. The predicted molar refractivity (Wildman–Crippen MR) is 70.3 cm³/mol. The van der Waals surface area contributed by atoms with Crippen LogP contribution in [0.3, 0.4) is 0 Å². The van der Waals surface area contributed by atoms with E-state index in [1.165, 1.54) is 0 Å². The largest absolute Gasteiger partial charge is 0.481 e. The molecule has 0 unspecified atom stereocenters. The van der Waals surface area contributed by atoms with E-state index in [-0.39, 0.29) is 6.42 Å². The number of aryl methyl sites for hydroxylation is 2. The van der Waals surface area contributed by atoms with Gasteiger partial charge in [-0.2, -0.15) is 0 Å². The minimum Gasteiger partial charge on any atom is -0.481 e. The van der Waals surface area contributed by atoms with Gasteiger partial charge in [-0.25, -0.2) is 4.98 Å². The van der Waals surface area contributed by atoms with Crippen LogP contribution in [-0.4, -0.2) is 16.1 Å². The van der Waals surface area contributed by atoms with Crippen molar-refractivity contribution in [2.24, 2.45) is 0 Å². The minimum absolute atomic E-state index is 0.0626. The molecule has 5 heteroatoms. The lowest BCUT2D eigenvalue weighted by Gasteiger charge is -1.94. The molecule has 0 aliphatic heterocycles. The second-order valence-electron chi connectivity index (χ2n) is 3.92. The fourth-order valence-electron chi connectivity index (χ4n) is 1.60. The number of nitrogens with zero attached hydrogens (tertiary/aromatic N) is 1. The summed E-state index contributed by atoms with van der Waals surface area (Å²) < 4.78 is 6.54. The summed E-state index contributed by atoms with van der Waals surface area (Å²) in [4.78, 5) is 14.9. The van der Waals surface area contributed by atoms with Crippen LogP contribution in [0.25, 0.3) is 11.5 Å². The third-order valence-electron chi connectivity index (χ3n) is 2.56. The van der Waals surface area contributed by atoms with Crippen LogP contribution < -0.4 is 0 Å². The number of aliphatic carboxylic acids is 1. The van der Waals surface area contributed by atoms with Crippen LogP contribution in [0.1, 0.15) is 17.9 Å². The van der Waals surface area contributed by atoms with Crippen molar-refractivity contribution in [1.29, 1.82) is 0 Å². The molecule has 0 saturated heterocycles. The average Bonchev–Trinajstić information content (AvgIpc) is 2.69. The zero-order chi connectivity index (χ0) is 13.1. The van der Waals surface area contributed by atoms with Gasteiger partial charge in [0.25, 0.3) is 0 Å². The Balaban J connectivity index is 2.22. The van der Waals surface area contributed by atoms with E-state index in [1.54, 1.807) is 6.92 Å². The van der Waals surface area contributed by atoms with Crippen molar-refractivity contribution >= 4 is 21.9 Å². The summed E-state index contributed by atoms with van der Waals surface area (Å²) in [6.45, 7) is 1.80. The Bertz CT molecular complexity index is 560. The fraction of sp³-hybridized carbons (Fsp3) is 0.231. The van der Waals surface area contributed by atoms with E-state index in [0.29, 0.717) is 23.8 Å². The Labute approximate surface area is 113 Å². The molecule has 0 saturated carbocycles. The zero-order valence-corrected chi connectivity index (χ0v) is 11.4. The summed E-state index contributed by atoms with van der Waals surface area (Å²) >= 11 is 3.36. The van der Waals surface area contributed by atoms with Gasteiger partial charge in [0.1, 0.15) is 5.76 Å². The molecular formula is C13H12BrNO3. The fourth-order valence-corrected chi connectivity index (χ4v) is 1.87. The van der Waals surface area contributed by atoms with Crippen molar-refractivity contribution in [2.45, 2.75) is 19.8 Å². The summed E-state index contributed by atoms with van der Waals surface area (Å²) in [5.74, 6) is 0.372. The Morgan fingerprint density at radius 2 is 2.06 bits per heavy atom. The first-order chi connectivity index (χ1) is 8.56. The number of benzene rings is 1. The van der Waals surface area contributed by atoms with E-state index in [1.807, 2.05) is 24.3 Å². The summed E-state index contributed by atoms with van der Waals surface area (Å²) in [6.07, 6.45) is 0.453. The summed E-state index contributed by atoms with van der Waals surface area (Å²) in [5, 5.41) is 8.66. The lowest BCUT2D eigenvalue weighted by molar-refractivity contribution is -0.136. The van der Waals surface area contributed by atoms with Gasteiger partial charge in [0.2, 0.25) is 5.89 Å². The molecule has 0 amide bonds. The average molecular weight is 310 g/mol. The van der Waals surface area contributed by atoms with E-state index < -0.39 is 5.97 Å². The SMILES string of the molecule is Cc1oc(-c2ccc(Br)cc2)nc1CCC(=O)O. The number of hydrogen-bond acceptors (Lipinski definition) is 3. The van der Waals surface area contributed by atoms with Gasteiger partial charge >= 0.3 is 5.97 Å². The maximum atomic E-state index is 10.5. The number of carbonyl (C=O) groups is 1. The van der Waals surface area contributed by atoms with Crippen LogP contribution >= 0.6 is 15.9 Å². The quantitative estimate of drug-likeness (QED) is 0.939. The predicted octanol–water partition coefficient (Wildman–Crippen LogP) is 3.43. The van der Waals surface area contributed by atoms with Crippen molar-refractivity contribution < 1.29 is 14.3 Å². The molecule has 0 bridgehead atoms. The van der Waals surface area contributed by atoms with E-state index in [4.69, 9.17) is 9.52 Å². The molecule has 18 heavy (non-hydrogen) atoms. The van der Waals surface area contributed by atoms with Gasteiger partial charge in [-0.15, -0.1) is 0 Å². The van der Waals surface area contributed by atoms with Crippen molar-refractivity contribution in [1.82, 2.24) is 4.98 Å². The highest BCUT2D eigenvalue weighted by molar-refractivity contribution is 9.10. The normalized spacial score (nSPS) is 10.6. The van der Waals surface area contributed by atoms with Gasteiger partial charge in [0.15, 0.2) is 0 Å². The molecule has 1 heterocycles. The first kappa shape index (κ1) is 12.8. The van der Waals surface area contributed by atoms with Gasteiger partial charge in [0, 0.05) is 16.5 Å². The standard InChI is InChI=1S/C13H12BrNO3/c1-8-11(6-7-12(16)17)15-13(18-8)9-2-4-10(14)5-3-9/h2-5H,6-7H2,1H3,(H,16,17). The topological polar surface area (TPSA) is 63.3 Å². The minimum atomic E-state index is -0.831. The maximum absolute atomic E-state index is 10.5. The maximum Gasteiger partial charge on any atom is 0.303 e. The Morgan fingerprint density at radius 1 is 1.39 bits per heavy atom. The van der Waals surface area contributed by atoms with Gasteiger partial charge in [-0.1, -0.05) is 15.9 Å². The molecule has 4 nitrogen and oxygen atoms in total. The molecule has 0 aliphatic rings. The molecule has 1 aromatic carbocycles. The van der Waals surface area contributed by atoms with Crippen LogP contribution in [0.2, 0.25) is 0 Å². The van der Waals surface area contributed by atoms with Crippen LogP contribution in [0.5, 0.6) is 0 Å². The molecule has 0 fully saturated rings. The molecule has 0 aliphatic carbocycles. The molecule has 0 radical (unpaired) electrons. The van der Waals surface area contributed by atoms with E-state index in [2.05, 4.69) is 20.9 Å². The van der Waals surface area contributed by atoms with Crippen LogP contribution in [0, 0.1) is 6.92 Å². The highest BCUT2D eigenvalue weighted by Crippen LogP contribution is 2.24. The highest BCUT2D eigenvalue weighted by atomic mass is 79.9. The van der Waals surface area contributed by atoms with E-state index in [0.717, 1.165) is 10.0 Å². The number of halogens is 1. The number of oxazole rings is 1. The number of carboxylic acid groups (broad SMARTS) is 1. The Morgan fingerprint density at radius 3 is 2.67 bits per heavy atom.